The summed E-state index contributed by atoms with van der Waals surface area (Å²) in [6.07, 6.45) is 1.66. The normalized spacial score (nSPS) is 11.5. The Balaban J connectivity index is 2.17. The molecule has 2 heterocycles. The zero-order chi connectivity index (χ0) is 18.9. The van der Waals surface area contributed by atoms with Crippen LogP contribution in [-0.2, 0) is 19.6 Å². The Morgan fingerprint density at radius 3 is 2.58 bits per heavy atom. The lowest BCUT2D eigenvalue weighted by Gasteiger charge is -2.23. The average Bonchev–Trinajstić information content (AvgIpc) is 3.01. The van der Waals surface area contributed by atoms with E-state index in [1.807, 2.05) is 0 Å². The van der Waals surface area contributed by atoms with Crippen molar-refractivity contribution in [3.05, 3.63) is 53.4 Å². The van der Waals surface area contributed by atoms with Crippen LogP contribution in [0.3, 0.4) is 0 Å². The molecule has 0 spiro atoms. The molecule has 0 unspecified atom stereocenters. The molecule has 136 valence electrons. The second-order valence-electron chi connectivity index (χ2n) is 5.38. The molecule has 1 aromatic carbocycles. The van der Waals surface area contributed by atoms with E-state index in [1.54, 1.807) is 35.7 Å². The van der Waals surface area contributed by atoms with Crippen LogP contribution >= 0.6 is 11.6 Å². The molecule has 0 atom stereocenters. The highest BCUT2D eigenvalue weighted by Crippen LogP contribution is 2.27. The van der Waals surface area contributed by atoms with Gasteiger partial charge in [0, 0.05) is 11.2 Å². The number of fused-ring (bicyclic) bond motifs is 1. The Morgan fingerprint density at radius 1 is 1.23 bits per heavy atom. The van der Waals surface area contributed by atoms with Gasteiger partial charge < -0.3 is 4.74 Å². The number of hydrogen-bond donors (Lipinski definition) is 0. The van der Waals surface area contributed by atoms with Crippen molar-refractivity contribution in [2.45, 2.75) is 11.8 Å². The number of halogens is 1. The van der Waals surface area contributed by atoms with Crippen LogP contribution in [0.15, 0.2) is 47.5 Å². The van der Waals surface area contributed by atoms with E-state index in [2.05, 4.69) is 14.9 Å². The highest BCUT2D eigenvalue weighted by molar-refractivity contribution is 7.93. The molecular formula is C16H15ClN4O4S. The molecule has 0 aliphatic heterocycles. The summed E-state index contributed by atoms with van der Waals surface area (Å²) in [6.45, 7) is 1.22. The SMILES string of the molecule is COC(=O)CN(c1ccc(Cl)cc1)S(=O)(=O)c1cccn2c(C)nnc12. The van der Waals surface area contributed by atoms with Gasteiger partial charge in [0.2, 0.25) is 0 Å². The molecular weight excluding hydrogens is 380 g/mol. The van der Waals surface area contributed by atoms with Crippen molar-refractivity contribution < 1.29 is 17.9 Å². The van der Waals surface area contributed by atoms with Crippen LogP contribution < -0.4 is 4.31 Å². The number of carbonyl (C=O) groups excluding carboxylic acids is 1. The number of carbonyl (C=O) groups is 1. The molecule has 26 heavy (non-hydrogen) atoms. The first-order valence-corrected chi connectivity index (χ1v) is 9.32. The van der Waals surface area contributed by atoms with Gasteiger partial charge in [0.25, 0.3) is 10.0 Å². The number of hydrogen-bond acceptors (Lipinski definition) is 6. The summed E-state index contributed by atoms with van der Waals surface area (Å²) in [5.41, 5.74) is 0.451. The Bertz CT molecular complexity index is 1060. The van der Waals surface area contributed by atoms with Crippen LogP contribution in [0.5, 0.6) is 0 Å². The van der Waals surface area contributed by atoms with Gasteiger partial charge >= 0.3 is 5.97 Å². The molecule has 0 saturated carbocycles. The molecule has 0 N–H and O–H groups in total. The van der Waals surface area contributed by atoms with E-state index in [9.17, 15) is 13.2 Å². The molecule has 0 aliphatic carbocycles. The number of esters is 1. The molecule has 0 radical (unpaired) electrons. The van der Waals surface area contributed by atoms with Crippen molar-refractivity contribution >= 4 is 38.9 Å². The number of ether oxygens (including phenoxy) is 1. The number of benzene rings is 1. The van der Waals surface area contributed by atoms with E-state index in [1.165, 1.54) is 25.3 Å². The minimum Gasteiger partial charge on any atom is -0.468 e. The van der Waals surface area contributed by atoms with Gasteiger partial charge in [-0.2, -0.15) is 0 Å². The molecule has 0 bridgehead atoms. The molecule has 0 fully saturated rings. The first-order valence-electron chi connectivity index (χ1n) is 7.50. The Labute approximate surface area is 155 Å². The summed E-state index contributed by atoms with van der Waals surface area (Å²) in [5, 5.41) is 8.30. The van der Waals surface area contributed by atoms with Crippen LogP contribution in [0, 0.1) is 6.92 Å². The summed E-state index contributed by atoms with van der Waals surface area (Å²) >= 11 is 5.88. The van der Waals surface area contributed by atoms with Gasteiger partial charge in [0.1, 0.15) is 17.3 Å². The predicted octanol–water partition coefficient (Wildman–Crippen LogP) is 2.06. The maximum Gasteiger partial charge on any atom is 0.326 e. The maximum absolute atomic E-state index is 13.3. The number of pyridine rings is 1. The van der Waals surface area contributed by atoms with Crippen LogP contribution in [0.2, 0.25) is 5.02 Å². The molecule has 3 aromatic rings. The summed E-state index contributed by atoms with van der Waals surface area (Å²) in [6, 6.07) is 9.10. The fourth-order valence-corrected chi connectivity index (χ4v) is 4.09. The standard InChI is InChI=1S/C16H15ClN4O4S/c1-11-18-19-16-14(4-3-9-20(11)16)26(23,24)21(10-15(22)25-2)13-7-5-12(17)6-8-13/h3-9H,10H2,1-2H3. The topological polar surface area (TPSA) is 93.9 Å². The van der Waals surface area contributed by atoms with Gasteiger partial charge in [0.05, 0.1) is 12.8 Å². The van der Waals surface area contributed by atoms with Crippen LogP contribution in [0.25, 0.3) is 5.65 Å². The van der Waals surface area contributed by atoms with E-state index >= 15 is 0 Å². The van der Waals surface area contributed by atoms with E-state index in [-0.39, 0.29) is 16.2 Å². The van der Waals surface area contributed by atoms with Gasteiger partial charge in [-0.25, -0.2) is 8.42 Å². The minimum atomic E-state index is -4.12. The fraction of sp³-hybridized carbons (Fsp3) is 0.188. The highest BCUT2D eigenvalue weighted by atomic mass is 35.5. The Morgan fingerprint density at radius 2 is 1.92 bits per heavy atom. The third-order valence-corrected chi connectivity index (χ3v) is 5.80. The molecule has 8 nitrogen and oxygen atoms in total. The second kappa shape index (κ2) is 6.93. The lowest BCUT2D eigenvalue weighted by Crippen LogP contribution is -2.36. The van der Waals surface area contributed by atoms with Gasteiger partial charge in [-0.1, -0.05) is 11.6 Å². The number of methoxy groups -OCH3 is 1. The monoisotopic (exact) mass is 394 g/mol. The maximum atomic E-state index is 13.3. The molecule has 3 rings (SSSR count). The quantitative estimate of drug-likeness (QED) is 0.615. The Hall–Kier alpha value is -2.65. The highest BCUT2D eigenvalue weighted by Gasteiger charge is 2.30. The van der Waals surface area contributed by atoms with Crippen LogP contribution in [0.4, 0.5) is 5.69 Å². The van der Waals surface area contributed by atoms with E-state index in [0.717, 1.165) is 4.31 Å². The molecule has 0 aliphatic rings. The zero-order valence-electron chi connectivity index (χ0n) is 14.0. The van der Waals surface area contributed by atoms with Gasteiger partial charge in [0.15, 0.2) is 5.65 Å². The number of aryl methyl sites for hydroxylation is 1. The second-order valence-corrected chi connectivity index (χ2v) is 7.64. The molecule has 2 aromatic heterocycles. The number of nitrogens with zero attached hydrogens (tertiary/aromatic N) is 4. The van der Waals surface area contributed by atoms with Crippen molar-refractivity contribution in [1.82, 2.24) is 14.6 Å². The van der Waals surface area contributed by atoms with Crippen molar-refractivity contribution in [2.24, 2.45) is 0 Å². The van der Waals surface area contributed by atoms with E-state index < -0.39 is 22.5 Å². The number of rotatable bonds is 5. The molecule has 0 amide bonds. The van der Waals surface area contributed by atoms with Crippen molar-refractivity contribution in [3.8, 4) is 0 Å². The van der Waals surface area contributed by atoms with Crippen molar-refractivity contribution in [3.63, 3.8) is 0 Å². The first kappa shape index (κ1) is 18.2. The van der Waals surface area contributed by atoms with Crippen molar-refractivity contribution in [1.29, 1.82) is 0 Å². The smallest absolute Gasteiger partial charge is 0.326 e. The zero-order valence-corrected chi connectivity index (χ0v) is 15.5. The summed E-state index contributed by atoms with van der Waals surface area (Å²) in [4.78, 5) is 11.8. The Kier molecular flexibility index (Phi) is 4.84. The number of aromatic nitrogens is 3. The van der Waals surface area contributed by atoms with Crippen LogP contribution in [0.1, 0.15) is 5.82 Å². The van der Waals surface area contributed by atoms with Gasteiger partial charge in [-0.3, -0.25) is 13.5 Å². The van der Waals surface area contributed by atoms with Gasteiger partial charge in [-0.05, 0) is 43.3 Å². The summed E-state index contributed by atoms with van der Waals surface area (Å²) in [7, 11) is -2.93. The lowest BCUT2D eigenvalue weighted by molar-refractivity contribution is -0.138. The summed E-state index contributed by atoms with van der Waals surface area (Å²) < 4.78 is 33.8. The van der Waals surface area contributed by atoms with E-state index in [0.29, 0.717) is 10.8 Å². The predicted molar refractivity (Wildman–Crippen MR) is 95.7 cm³/mol. The van der Waals surface area contributed by atoms with Gasteiger partial charge in [-0.15, -0.1) is 10.2 Å². The third-order valence-electron chi connectivity index (χ3n) is 3.75. The molecule has 0 saturated heterocycles. The number of sulfonamides is 1. The largest absolute Gasteiger partial charge is 0.468 e. The van der Waals surface area contributed by atoms with Crippen molar-refractivity contribution in [2.75, 3.05) is 18.0 Å². The third kappa shape index (κ3) is 3.23. The fourth-order valence-electron chi connectivity index (χ4n) is 2.43. The molecule has 10 heteroatoms. The van der Waals surface area contributed by atoms with Crippen LogP contribution in [-0.4, -0.2) is 42.6 Å². The van der Waals surface area contributed by atoms with E-state index in [4.69, 9.17) is 11.6 Å². The average molecular weight is 395 g/mol. The lowest BCUT2D eigenvalue weighted by atomic mass is 10.3. The minimum absolute atomic E-state index is 0.0700. The first-order chi connectivity index (χ1) is 12.3. The number of anilines is 1. The summed E-state index contributed by atoms with van der Waals surface area (Å²) in [5.74, 6) is -0.156.